The molecule has 2 aromatic rings. The van der Waals surface area contributed by atoms with E-state index in [0.717, 1.165) is 18.4 Å². The first-order valence-electron chi connectivity index (χ1n) is 10.6. The Morgan fingerprint density at radius 2 is 1.74 bits per heavy atom. The van der Waals surface area contributed by atoms with Crippen molar-refractivity contribution in [3.05, 3.63) is 64.7 Å². The number of nitrogens with zero attached hydrogens (tertiary/aromatic N) is 2. The third-order valence-electron chi connectivity index (χ3n) is 4.99. The molecular weight excluding hydrogens is 488 g/mol. The second kappa shape index (κ2) is 11.6. The van der Waals surface area contributed by atoms with Gasteiger partial charge in [0.2, 0.25) is 21.8 Å². The number of hydrogen-bond donors (Lipinski definition) is 1. The van der Waals surface area contributed by atoms with Gasteiger partial charge >= 0.3 is 0 Å². The number of halogens is 3. The van der Waals surface area contributed by atoms with Crippen LogP contribution < -0.4 is 9.62 Å². The van der Waals surface area contributed by atoms with Gasteiger partial charge in [-0.3, -0.25) is 13.9 Å². The van der Waals surface area contributed by atoms with Crippen molar-refractivity contribution in [2.75, 3.05) is 17.1 Å². The molecule has 0 saturated carbocycles. The fourth-order valence-electron chi connectivity index (χ4n) is 3.36. The number of benzene rings is 2. The van der Waals surface area contributed by atoms with Gasteiger partial charge in [-0.1, -0.05) is 36.7 Å². The molecular formula is C23H28ClF2N3O4S. The van der Waals surface area contributed by atoms with Gasteiger partial charge in [0.05, 0.1) is 11.9 Å². The van der Waals surface area contributed by atoms with E-state index in [1.165, 1.54) is 4.90 Å². The number of rotatable bonds is 10. The minimum Gasteiger partial charge on any atom is -0.352 e. The van der Waals surface area contributed by atoms with Crippen LogP contribution in [0.15, 0.2) is 42.5 Å². The molecule has 0 aliphatic rings. The lowest BCUT2D eigenvalue weighted by molar-refractivity contribution is -0.140. The molecule has 0 fully saturated rings. The van der Waals surface area contributed by atoms with Crippen molar-refractivity contribution in [2.24, 2.45) is 0 Å². The Kier molecular flexibility index (Phi) is 9.40. The molecule has 0 radical (unpaired) electrons. The Balaban J connectivity index is 2.48. The van der Waals surface area contributed by atoms with Gasteiger partial charge in [-0.05, 0) is 44.0 Å². The summed E-state index contributed by atoms with van der Waals surface area (Å²) in [7, 11) is -4.06. The van der Waals surface area contributed by atoms with Gasteiger partial charge in [0.1, 0.15) is 12.6 Å². The van der Waals surface area contributed by atoms with E-state index in [9.17, 15) is 26.8 Å². The van der Waals surface area contributed by atoms with E-state index in [-0.39, 0.29) is 24.7 Å². The summed E-state index contributed by atoms with van der Waals surface area (Å²) in [6.07, 6.45) is 1.10. The molecule has 2 rings (SSSR count). The molecule has 0 aliphatic carbocycles. The summed E-state index contributed by atoms with van der Waals surface area (Å²) < 4.78 is 52.8. The zero-order valence-electron chi connectivity index (χ0n) is 19.4. The largest absolute Gasteiger partial charge is 0.352 e. The predicted octanol–water partition coefficient (Wildman–Crippen LogP) is 3.72. The van der Waals surface area contributed by atoms with Gasteiger partial charge < -0.3 is 10.2 Å². The van der Waals surface area contributed by atoms with Crippen molar-refractivity contribution in [3.63, 3.8) is 0 Å². The monoisotopic (exact) mass is 515 g/mol. The molecule has 0 aliphatic heterocycles. The highest BCUT2D eigenvalue weighted by molar-refractivity contribution is 7.92. The molecule has 7 nitrogen and oxygen atoms in total. The Bertz CT molecular complexity index is 1140. The summed E-state index contributed by atoms with van der Waals surface area (Å²) >= 11 is 6.27. The molecule has 0 bridgehead atoms. The van der Waals surface area contributed by atoms with E-state index in [0.29, 0.717) is 21.0 Å². The summed E-state index contributed by atoms with van der Waals surface area (Å²) in [4.78, 5) is 27.6. The van der Waals surface area contributed by atoms with Crippen molar-refractivity contribution < 1.29 is 26.8 Å². The Labute approximate surface area is 203 Å². The second-order valence-corrected chi connectivity index (χ2v) is 10.4. The van der Waals surface area contributed by atoms with Crippen LogP contribution in [-0.4, -0.2) is 50.0 Å². The van der Waals surface area contributed by atoms with Crippen LogP contribution >= 0.6 is 11.6 Å². The molecule has 2 amide bonds. The van der Waals surface area contributed by atoms with Gasteiger partial charge in [0, 0.05) is 23.7 Å². The number of nitrogens with one attached hydrogen (secondary N) is 1. The van der Waals surface area contributed by atoms with E-state index in [4.69, 9.17) is 11.6 Å². The van der Waals surface area contributed by atoms with Gasteiger partial charge in [0.25, 0.3) is 0 Å². The van der Waals surface area contributed by atoms with Gasteiger partial charge in [0.15, 0.2) is 11.6 Å². The Morgan fingerprint density at radius 3 is 2.26 bits per heavy atom. The fourth-order valence-corrected chi connectivity index (χ4v) is 4.40. The van der Waals surface area contributed by atoms with E-state index < -0.39 is 46.1 Å². The summed E-state index contributed by atoms with van der Waals surface area (Å²) in [5.74, 6) is -3.52. The van der Waals surface area contributed by atoms with Crippen molar-refractivity contribution in [2.45, 2.75) is 45.8 Å². The van der Waals surface area contributed by atoms with Crippen molar-refractivity contribution in [1.82, 2.24) is 10.2 Å². The predicted molar refractivity (Wildman–Crippen MR) is 128 cm³/mol. The van der Waals surface area contributed by atoms with Crippen LogP contribution in [0.2, 0.25) is 5.02 Å². The minimum absolute atomic E-state index is 0.0576. The van der Waals surface area contributed by atoms with Crippen molar-refractivity contribution >= 4 is 39.1 Å². The van der Waals surface area contributed by atoms with Gasteiger partial charge in [-0.15, -0.1) is 0 Å². The maximum absolute atomic E-state index is 13.8. The Morgan fingerprint density at radius 1 is 1.09 bits per heavy atom. The zero-order valence-corrected chi connectivity index (χ0v) is 21.0. The lowest BCUT2D eigenvalue weighted by Crippen LogP contribution is -2.53. The van der Waals surface area contributed by atoms with E-state index >= 15 is 0 Å². The number of anilines is 1. The van der Waals surface area contributed by atoms with Crippen LogP contribution in [0.3, 0.4) is 0 Å². The molecule has 11 heteroatoms. The first-order chi connectivity index (χ1) is 15.8. The number of carbonyl (C=O) groups excluding carboxylic acids is 2. The molecule has 2 aromatic carbocycles. The van der Waals surface area contributed by atoms with Crippen molar-refractivity contribution in [1.29, 1.82) is 0 Å². The number of carbonyl (C=O) groups is 2. The SMILES string of the molecule is CC[C@H](C(=O)NC(C)C)N(Cc1ccccc1Cl)C(=O)CN(c1ccc(F)c(F)c1)S(C)(=O)=O. The topological polar surface area (TPSA) is 86.8 Å². The highest BCUT2D eigenvalue weighted by atomic mass is 35.5. The van der Waals surface area contributed by atoms with Crippen LogP contribution in [0.4, 0.5) is 14.5 Å². The lowest BCUT2D eigenvalue weighted by Gasteiger charge is -2.33. The molecule has 0 saturated heterocycles. The second-order valence-electron chi connectivity index (χ2n) is 8.07. The number of sulfonamides is 1. The fraction of sp³-hybridized carbons (Fsp3) is 0.391. The summed E-state index contributed by atoms with van der Waals surface area (Å²) in [5.41, 5.74) is 0.346. The number of amides is 2. The molecule has 1 N–H and O–H groups in total. The average molecular weight is 516 g/mol. The Hall–Kier alpha value is -2.72. The molecule has 0 heterocycles. The maximum atomic E-state index is 13.8. The first-order valence-corrected chi connectivity index (χ1v) is 12.8. The van der Waals surface area contributed by atoms with Crippen molar-refractivity contribution in [3.8, 4) is 0 Å². The zero-order chi connectivity index (χ0) is 25.6. The normalized spacial score (nSPS) is 12.4. The lowest BCUT2D eigenvalue weighted by atomic mass is 10.1. The molecule has 34 heavy (non-hydrogen) atoms. The first kappa shape index (κ1) is 27.5. The van der Waals surface area contributed by atoms with Crippen LogP contribution in [0.5, 0.6) is 0 Å². The van der Waals surface area contributed by atoms with Crippen LogP contribution in [-0.2, 0) is 26.2 Å². The third kappa shape index (κ3) is 7.14. The molecule has 0 unspecified atom stereocenters. The van der Waals surface area contributed by atoms with E-state index in [1.807, 2.05) is 0 Å². The molecule has 1 atom stereocenters. The minimum atomic E-state index is -4.06. The van der Waals surface area contributed by atoms with Crippen LogP contribution in [0.25, 0.3) is 0 Å². The quantitative estimate of drug-likeness (QED) is 0.522. The smallest absolute Gasteiger partial charge is 0.244 e. The van der Waals surface area contributed by atoms with Crippen LogP contribution in [0.1, 0.15) is 32.8 Å². The summed E-state index contributed by atoms with van der Waals surface area (Å²) in [5, 5.41) is 3.14. The molecule has 0 spiro atoms. The third-order valence-corrected chi connectivity index (χ3v) is 6.50. The molecule has 0 aromatic heterocycles. The van der Waals surface area contributed by atoms with E-state index in [1.54, 1.807) is 45.0 Å². The summed E-state index contributed by atoms with van der Waals surface area (Å²) in [6, 6.07) is 8.21. The standard InChI is InChI=1S/C23H28ClF2N3O4S/c1-5-21(23(31)27-15(2)3)28(13-16-8-6-7-9-18(16)24)22(30)14-29(34(4,32)33)17-10-11-19(25)20(26)12-17/h6-12,15,21H,5,13-14H2,1-4H3,(H,27,31)/t21-/m1/s1. The number of hydrogen-bond acceptors (Lipinski definition) is 4. The van der Waals surface area contributed by atoms with Gasteiger partial charge in [-0.2, -0.15) is 0 Å². The molecule has 186 valence electrons. The maximum Gasteiger partial charge on any atom is 0.244 e. The highest BCUT2D eigenvalue weighted by Gasteiger charge is 2.32. The highest BCUT2D eigenvalue weighted by Crippen LogP contribution is 2.23. The average Bonchev–Trinajstić information content (AvgIpc) is 2.73. The van der Waals surface area contributed by atoms with E-state index in [2.05, 4.69) is 5.32 Å². The van der Waals surface area contributed by atoms with Crippen LogP contribution in [0, 0.1) is 11.6 Å². The van der Waals surface area contributed by atoms with Gasteiger partial charge in [-0.25, -0.2) is 17.2 Å². The summed E-state index contributed by atoms with van der Waals surface area (Å²) in [6.45, 7) is 4.50.